The Morgan fingerprint density at radius 1 is 1.20 bits per heavy atom. The molecule has 0 N–H and O–H groups in total. The van der Waals surface area contributed by atoms with Crippen LogP contribution in [0.15, 0.2) is 18.3 Å². The first-order valence-corrected chi connectivity index (χ1v) is 5.66. The second kappa shape index (κ2) is 7.03. The number of nitrogens with zero attached hydrogens (tertiary/aromatic N) is 2. The van der Waals surface area contributed by atoms with E-state index in [1.54, 1.807) is 6.07 Å². The number of alkyl halides is 5. The van der Waals surface area contributed by atoms with Crippen LogP contribution < -0.4 is 4.74 Å². The number of halogens is 5. The molecule has 3 nitrogen and oxygen atoms in total. The fourth-order valence-electron chi connectivity index (χ4n) is 1.02. The number of pyridine rings is 1. The summed E-state index contributed by atoms with van der Waals surface area (Å²) in [7, 11) is 0. The topological polar surface area (TPSA) is 45.9 Å². The van der Waals surface area contributed by atoms with Crippen LogP contribution >= 0.6 is 0 Å². The Bertz CT molecular complexity index is 450. The van der Waals surface area contributed by atoms with Crippen LogP contribution in [-0.4, -0.2) is 23.2 Å². The Labute approximate surface area is 113 Å². The van der Waals surface area contributed by atoms with Gasteiger partial charge >= 0.3 is 12.1 Å². The Morgan fingerprint density at radius 3 is 2.10 bits per heavy atom. The molecule has 1 atom stereocenters. The third-order valence-corrected chi connectivity index (χ3v) is 2.05. The summed E-state index contributed by atoms with van der Waals surface area (Å²) in [4.78, 5) is 3.48. The second-order valence-corrected chi connectivity index (χ2v) is 3.37. The molecule has 112 valence electrons. The van der Waals surface area contributed by atoms with Crippen molar-refractivity contribution in [3.05, 3.63) is 24.0 Å². The van der Waals surface area contributed by atoms with Crippen LogP contribution in [0.1, 0.15) is 26.5 Å². The first-order valence-electron chi connectivity index (χ1n) is 5.66. The van der Waals surface area contributed by atoms with E-state index in [0.29, 0.717) is 6.92 Å². The Balaban J connectivity index is 0.00000172. The average molecular weight is 296 g/mol. The largest absolute Gasteiger partial charge is 0.482 e. The molecular weight excluding hydrogens is 283 g/mol. The van der Waals surface area contributed by atoms with E-state index in [2.05, 4.69) is 9.72 Å². The fraction of sp³-hybridized carbons (Fsp3) is 0.500. The van der Waals surface area contributed by atoms with Crippen LogP contribution in [0, 0.1) is 11.3 Å². The minimum atomic E-state index is -5.69. The summed E-state index contributed by atoms with van der Waals surface area (Å²) in [6.07, 6.45) is -7.18. The maximum atomic E-state index is 12.8. The molecule has 1 heterocycles. The van der Waals surface area contributed by atoms with Crippen LogP contribution in [0.2, 0.25) is 0 Å². The molecule has 0 saturated heterocycles. The van der Waals surface area contributed by atoms with E-state index < -0.39 is 18.2 Å². The second-order valence-electron chi connectivity index (χ2n) is 3.37. The van der Waals surface area contributed by atoms with Gasteiger partial charge < -0.3 is 4.74 Å². The maximum absolute atomic E-state index is 12.8. The van der Waals surface area contributed by atoms with Gasteiger partial charge in [-0.15, -0.1) is 0 Å². The summed E-state index contributed by atoms with van der Waals surface area (Å²) < 4.78 is 66.2. The first kappa shape index (κ1) is 18.1. The van der Waals surface area contributed by atoms with Crippen molar-refractivity contribution in [1.29, 1.82) is 5.26 Å². The number of hydrogen-bond donors (Lipinski definition) is 0. The lowest BCUT2D eigenvalue weighted by atomic mass is 10.2. The van der Waals surface area contributed by atoms with Gasteiger partial charge in [-0.3, -0.25) is 0 Å². The molecule has 0 bridgehead atoms. The molecular formula is C12H13F5N2O. The van der Waals surface area contributed by atoms with E-state index in [0.717, 1.165) is 18.3 Å². The highest BCUT2D eigenvalue weighted by Gasteiger charge is 2.62. The van der Waals surface area contributed by atoms with Gasteiger partial charge in [0.1, 0.15) is 17.5 Å². The van der Waals surface area contributed by atoms with E-state index in [1.807, 2.05) is 13.8 Å². The summed E-state index contributed by atoms with van der Waals surface area (Å²) in [5.74, 6) is -5.24. The number of rotatable bonds is 3. The predicted molar refractivity (Wildman–Crippen MR) is 61.4 cm³/mol. The van der Waals surface area contributed by atoms with E-state index in [9.17, 15) is 22.0 Å². The molecule has 20 heavy (non-hydrogen) atoms. The molecule has 0 fully saturated rings. The van der Waals surface area contributed by atoms with Crippen molar-refractivity contribution in [2.75, 3.05) is 0 Å². The lowest BCUT2D eigenvalue weighted by molar-refractivity contribution is -0.306. The molecule has 1 aromatic rings. The summed E-state index contributed by atoms with van der Waals surface area (Å²) in [6.45, 7) is 4.60. The maximum Gasteiger partial charge on any atom is 0.457 e. The summed E-state index contributed by atoms with van der Waals surface area (Å²) in [6, 6.07) is 3.91. The monoisotopic (exact) mass is 296 g/mol. The van der Waals surface area contributed by atoms with Crippen molar-refractivity contribution in [3.63, 3.8) is 0 Å². The number of nitriles is 1. The van der Waals surface area contributed by atoms with Crippen LogP contribution in [0.4, 0.5) is 22.0 Å². The first-order chi connectivity index (χ1) is 9.18. The van der Waals surface area contributed by atoms with Gasteiger partial charge in [0.05, 0.1) is 6.20 Å². The molecule has 0 radical (unpaired) electrons. The Kier molecular flexibility index (Phi) is 6.36. The molecule has 1 unspecified atom stereocenters. The van der Waals surface area contributed by atoms with Crippen molar-refractivity contribution >= 4 is 0 Å². The van der Waals surface area contributed by atoms with Gasteiger partial charge in [-0.2, -0.15) is 27.2 Å². The van der Waals surface area contributed by atoms with Crippen molar-refractivity contribution in [1.82, 2.24) is 4.98 Å². The van der Waals surface area contributed by atoms with Gasteiger partial charge in [-0.25, -0.2) is 4.98 Å². The standard InChI is InChI=1S/C10H7F5N2O.C2H6/c1-6(9(11,12)10(13,14)15)18-8-3-2-7(4-16)17-5-8;1-2/h2-3,5-6H,1H3;1-2H3. The Morgan fingerprint density at radius 2 is 1.75 bits per heavy atom. The summed E-state index contributed by atoms with van der Waals surface area (Å²) in [5, 5.41) is 8.42. The van der Waals surface area contributed by atoms with Crippen LogP contribution in [0.25, 0.3) is 0 Å². The van der Waals surface area contributed by atoms with Gasteiger partial charge in [0.25, 0.3) is 0 Å². The molecule has 0 aliphatic rings. The third kappa shape index (κ3) is 4.33. The zero-order chi connectivity index (χ0) is 16.0. The van der Waals surface area contributed by atoms with E-state index in [4.69, 9.17) is 5.26 Å². The SMILES string of the molecule is CC.CC(Oc1ccc(C#N)nc1)C(F)(F)C(F)(F)F. The lowest BCUT2D eigenvalue weighted by Crippen LogP contribution is -2.48. The zero-order valence-electron chi connectivity index (χ0n) is 11.0. The van der Waals surface area contributed by atoms with Crippen molar-refractivity contribution in [2.24, 2.45) is 0 Å². The highest BCUT2D eigenvalue weighted by Crippen LogP contribution is 2.39. The van der Waals surface area contributed by atoms with Gasteiger partial charge in [0.2, 0.25) is 0 Å². The van der Waals surface area contributed by atoms with Crippen molar-refractivity contribution < 1.29 is 26.7 Å². The number of ether oxygens (including phenoxy) is 1. The van der Waals surface area contributed by atoms with Crippen molar-refractivity contribution in [3.8, 4) is 11.8 Å². The van der Waals surface area contributed by atoms with Crippen LogP contribution in [0.3, 0.4) is 0 Å². The zero-order valence-corrected chi connectivity index (χ0v) is 11.0. The molecule has 0 aliphatic carbocycles. The van der Waals surface area contributed by atoms with Crippen LogP contribution in [0.5, 0.6) is 5.75 Å². The van der Waals surface area contributed by atoms with Gasteiger partial charge in [0, 0.05) is 0 Å². The molecule has 0 aromatic carbocycles. The predicted octanol–water partition coefficient (Wildman–Crippen LogP) is 3.94. The minimum absolute atomic E-state index is 0.00224. The van der Waals surface area contributed by atoms with Gasteiger partial charge in [-0.05, 0) is 19.1 Å². The highest BCUT2D eigenvalue weighted by atomic mass is 19.4. The molecule has 0 aliphatic heterocycles. The molecule has 8 heteroatoms. The molecule has 0 saturated carbocycles. The quantitative estimate of drug-likeness (QED) is 0.793. The molecule has 1 rings (SSSR count). The van der Waals surface area contributed by atoms with Crippen LogP contribution in [-0.2, 0) is 0 Å². The smallest absolute Gasteiger partial charge is 0.457 e. The third-order valence-electron chi connectivity index (χ3n) is 2.05. The lowest BCUT2D eigenvalue weighted by Gasteiger charge is -2.26. The Hall–Kier alpha value is -1.91. The number of hydrogen-bond acceptors (Lipinski definition) is 3. The fourth-order valence-corrected chi connectivity index (χ4v) is 1.02. The molecule has 0 spiro atoms. The number of aromatic nitrogens is 1. The summed E-state index contributed by atoms with van der Waals surface area (Å²) >= 11 is 0. The van der Waals surface area contributed by atoms with Crippen molar-refractivity contribution in [2.45, 2.75) is 39.0 Å². The molecule has 1 aromatic heterocycles. The average Bonchev–Trinajstić information content (AvgIpc) is 2.40. The van der Waals surface area contributed by atoms with Gasteiger partial charge in [-0.1, -0.05) is 13.8 Å². The molecule has 0 amide bonds. The normalized spacial score (nSPS) is 12.8. The summed E-state index contributed by atoms with van der Waals surface area (Å²) in [5.41, 5.74) is -0.00224. The van der Waals surface area contributed by atoms with E-state index in [1.165, 1.54) is 0 Å². The van der Waals surface area contributed by atoms with Gasteiger partial charge in [0.15, 0.2) is 6.10 Å². The van der Waals surface area contributed by atoms with E-state index in [-0.39, 0.29) is 11.4 Å². The minimum Gasteiger partial charge on any atom is -0.482 e. The highest BCUT2D eigenvalue weighted by molar-refractivity contribution is 5.26. The van der Waals surface area contributed by atoms with E-state index >= 15 is 0 Å².